The van der Waals surface area contributed by atoms with Crippen molar-refractivity contribution >= 4 is 23.5 Å². The van der Waals surface area contributed by atoms with Gasteiger partial charge in [0.05, 0.1) is 25.0 Å². The number of nitrogens with one attached hydrogen (secondary N) is 1. The van der Waals surface area contributed by atoms with Crippen LogP contribution in [0.15, 0.2) is 30.5 Å². The summed E-state index contributed by atoms with van der Waals surface area (Å²) >= 11 is 4.82. The van der Waals surface area contributed by atoms with Crippen LogP contribution in [0.2, 0.25) is 0 Å². The van der Waals surface area contributed by atoms with Gasteiger partial charge in [-0.05, 0) is 18.6 Å². The third kappa shape index (κ3) is 4.47. The highest BCUT2D eigenvalue weighted by atomic mass is 32.1. The fraction of sp³-hybridized carbons (Fsp3) is 0.421. The molecule has 7 heteroatoms. The second-order valence-corrected chi connectivity index (χ2v) is 6.42. The molecule has 0 saturated carbocycles. The van der Waals surface area contributed by atoms with Gasteiger partial charge in [0.25, 0.3) is 0 Å². The van der Waals surface area contributed by atoms with Gasteiger partial charge in [0.15, 0.2) is 0 Å². The van der Waals surface area contributed by atoms with Crippen molar-refractivity contribution < 1.29 is 9.53 Å². The molecule has 2 aromatic rings. The zero-order chi connectivity index (χ0) is 19.1. The Morgan fingerprint density at radius 1 is 1.46 bits per heavy atom. The zero-order valence-corrected chi connectivity index (χ0v) is 16.3. The van der Waals surface area contributed by atoms with Crippen molar-refractivity contribution in [3.05, 3.63) is 36.3 Å². The predicted octanol–water partition coefficient (Wildman–Crippen LogP) is 3.10. The number of methoxy groups -OCH3 is 1. The van der Waals surface area contributed by atoms with E-state index in [9.17, 15) is 4.79 Å². The summed E-state index contributed by atoms with van der Waals surface area (Å²) in [7, 11) is 3.38. The Bertz CT molecular complexity index is 747. The molecule has 140 valence electrons. The maximum Gasteiger partial charge on any atom is 0.244 e. The lowest BCUT2D eigenvalue weighted by Gasteiger charge is -2.28. The highest BCUT2D eigenvalue weighted by molar-refractivity contribution is 7.79. The van der Waals surface area contributed by atoms with Gasteiger partial charge in [0.1, 0.15) is 17.6 Å². The van der Waals surface area contributed by atoms with Crippen molar-refractivity contribution in [2.24, 2.45) is 5.73 Å². The Morgan fingerprint density at radius 2 is 2.19 bits per heavy atom. The van der Waals surface area contributed by atoms with Crippen molar-refractivity contribution in [2.45, 2.75) is 38.3 Å². The number of carbonyl (C=O) groups is 1. The van der Waals surface area contributed by atoms with Gasteiger partial charge >= 0.3 is 0 Å². The summed E-state index contributed by atoms with van der Waals surface area (Å²) in [4.78, 5) is 22.0. The summed E-state index contributed by atoms with van der Waals surface area (Å²) in [6.45, 7) is 2.12. The Labute approximate surface area is 159 Å². The molecule has 0 aliphatic rings. The van der Waals surface area contributed by atoms with Crippen LogP contribution in [-0.4, -0.2) is 46.3 Å². The number of amides is 1. The maximum absolute atomic E-state index is 12.5. The topological polar surface area (TPSA) is 84.2 Å². The molecule has 0 bridgehead atoms. The van der Waals surface area contributed by atoms with Gasteiger partial charge < -0.3 is 20.4 Å². The van der Waals surface area contributed by atoms with E-state index in [1.165, 1.54) is 5.37 Å². The first kappa shape index (κ1) is 20.1. The lowest BCUT2D eigenvalue weighted by Crippen LogP contribution is -2.44. The molecule has 0 aliphatic carbocycles. The Balaban J connectivity index is 2.33. The Hall–Kier alpha value is -2.25. The van der Waals surface area contributed by atoms with Crippen LogP contribution < -0.4 is 10.5 Å². The molecule has 1 aromatic carbocycles. The number of para-hydroxylation sites is 1. The standard InChI is InChI=1S/C19H26N4O2S/c1-4-5-9-16(23(2)19(24)14(20)12-26)18-21-11-15(22-18)13-8-6-7-10-17(13)25-3/h6-8,10-12,14,16H,4-5,9,20H2,1-3H3,(H,21,22). The summed E-state index contributed by atoms with van der Waals surface area (Å²) in [5.41, 5.74) is 7.57. The van der Waals surface area contributed by atoms with Gasteiger partial charge in [-0.3, -0.25) is 4.79 Å². The van der Waals surface area contributed by atoms with Crippen LogP contribution in [0, 0.1) is 0 Å². The highest BCUT2D eigenvalue weighted by Gasteiger charge is 2.26. The number of nitrogens with two attached hydrogens (primary N) is 1. The zero-order valence-electron chi connectivity index (χ0n) is 15.4. The highest BCUT2D eigenvalue weighted by Crippen LogP contribution is 2.31. The molecule has 26 heavy (non-hydrogen) atoms. The smallest absolute Gasteiger partial charge is 0.244 e. The fourth-order valence-electron chi connectivity index (χ4n) is 2.87. The Morgan fingerprint density at radius 3 is 2.85 bits per heavy atom. The summed E-state index contributed by atoms with van der Waals surface area (Å²) in [6, 6.07) is 6.76. The molecule has 6 nitrogen and oxygen atoms in total. The molecule has 2 rings (SSSR count). The first-order chi connectivity index (χ1) is 12.5. The Kier molecular flexibility index (Phi) is 7.29. The minimum Gasteiger partial charge on any atom is -0.496 e. The molecule has 0 radical (unpaired) electrons. The quantitative estimate of drug-likeness (QED) is 0.659. The van der Waals surface area contributed by atoms with Crippen molar-refractivity contribution in [1.82, 2.24) is 14.9 Å². The molecule has 1 amide bonds. The second-order valence-electron chi connectivity index (χ2n) is 6.15. The molecule has 0 spiro atoms. The summed E-state index contributed by atoms with van der Waals surface area (Å²) in [5, 5.41) is 1.29. The molecule has 2 unspecified atom stereocenters. The molecule has 0 saturated heterocycles. The van der Waals surface area contributed by atoms with Gasteiger partial charge in [-0.2, -0.15) is 0 Å². The number of rotatable bonds is 9. The number of thiocarbonyl (C=S) groups is 1. The van der Waals surface area contributed by atoms with E-state index in [0.717, 1.165) is 42.1 Å². The number of imidazole rings is 1. The number of aromatic amines is 1. The minimum atomic E-state index is -0.789. The molecule has 1 heterocycles. The van der Waals surface area contributed by atoms with Crippen molar-refractivity contribution in [3.8, 4) is 17.0 Å². The van der Waals surface area contributed by atoms with Gasteiger partial charge in [-0.25, -0.2) is 4.98 Å². The lowest BCUT2D eigenvalue weighted by atomic mass is 10.1. The van der Waals surface area contributed by atoms with Gasteiger partial charge in [0.2, 0.25) is 5.91 Å². The first-order valence-electron chi connectivity index (χ1n) is 8.69. The van der Waals surface area contributed by atoms with Crippen LogP contribution in [0.4, 0.5) is 0 Å². The van der Waals surface area contributed by atoms with Crippen molar-refractivity contribution in [2.75, 3.05) is 14.2 Å². The minimum absolute atomic E-state index is 0.188. The van der Waals surface area contributed by atoms with Gasteiger partial charge in [0, 0.05) is 18.0 Å². The number of aromatic nitrogens is 2. The van der Waals surface area contributed by atoms with Crippen LogP contribution in [-0.2, 0) is 4.79 Å². The number of H-pyrrole nitrogens is 1. The maximum atomic E-state index is 12.5. The van der Waals surface area contributed by atoms with E-state index in [4.69, 9.17) is 22.7 Å². The van der Waals surface area contributed by atoms with Crippen LogP contribution in [0.5, 0.6) is 5.75 Å². The second kappa shape index (κ2) is 9.45. The van der Waals surface area contributed by atoms with Crippen LogP contribution in [0.3, 0.4) is 0 Å². The van der Waals surface area contributed by atoms with E-state index < -0.39 is 6.04 Å². The van der Waals surface area contributed by atoms with E-state index in [1.807, 2.05) is 24.3 Å². The third-order valence-corrected chi connectivity index (χ3v) is 4.68. The number of hydrogen-bond acceptors (Lipinski definition) is 5. The largest absolute Gasteiger partial charge is 0.496 e. The fourth-order valence-corrected chi connectivity index (χ4v) is 2.98. The van der Waals surface area contributed by atoms with Crippen LogP contribution in [0.25, 0.3) is 11.3 Å². The summed E-state index contributed by atoms with van der Waals surface area (Å²) in [5.74, 6) is 1.28. The third-order valence-electron chi connectivity index (χ3n) is 4.39. The number of ether oxygens (including phenoxy) is 1. The van der Waals surface area contributed by atoms with E-state index in [2.05, 4.69) is 16.9 Å². The predicted molar refractivity (Wildman–Crippen MR) is 107 cm³/mol. The SMILES string of the molecule is CCCCC(c1ncc(-c2ccccc2OC)[nH]1)N(C)C(=O)C(N)C=S. The van der Waals surface area contributed by atoms with Crippen molar-refractivity contribution in [1.29, 1.82) is 0 Å². The van der Waals surface area contributed by atoms with E-state index >= 15 is 0 Å². The van der Waals surface area contributed by atoms with E-state index in [-0.39, 0.29) is 11.9 Å². The number of nitrogens with zero attached hydrogens (tertiary/aromatic N) is 2. The van der Waals surface area contributed by atoms with E-state index in [0.29, 0.717) is 0 Å². The summed E-state index contributed by atoms with van der Waals surface area (Å²) < 4.78 is 5.42. The number of likely N-dealkylation sites (N-methyl/N-ethyl adjacent to an activating group) is 1. The van der Waals surface area contributed by atoms with Crippen molar-refractivity contribution in [3.63, 3.8) is 0 Å². The van der Waals surface area contributed by atoms with Gasteiger partial charge in [-0.1, -0.05) is 44.1 Å². The molecular weight excluding hydrogens is 348 g/mol. The average Bonchev–Trinajstić information content (AvgIpc) is 3.16. The van der Waals surface area contributed by atoms with Crippen LogP contribution >= 0.6 is 12.2 Å². The normalized spacial score (nSPS) is 13.1. The molecule has 1 aromatic heterocycles. The number of benzene rings is 1. The molecule has 2 atom stereocenters. The molecule has 0 fully saturated rings. The van der Waals surface area contributed by atoms with E-state index in [1.54, 1.807) is 25.3 Å². The molecule has 3 N–H and O–H groups in total. The summed E-state index contributed by atoms with van der Waals surface area (Å²) in [6.07, 6.45) is 4.56. The molecular formula is C19H26N4O2S. The number of unbranched alkanes of at least 4 members (excludes halogenated alkanes) is 1. The molecule has 0 aliphatic heterocycles. The van der Waals surface area contributed by atoms with Gasteiger partial charge in [-0.15, -0.1) is 0 Å². The first-order valence-corrected chi connectivity index (χ1v) is 9.16. The number of hydrogen-bond donors (Lipinski definition) is 2. The lowest BCUT2D eigenvalue weighted by molar-refractivity contribution is -0.132. The van der Waals surface area contributed by atoms with Crippen LogP contribution in [0.1, 0.15) is 38.1 Å². The average molecular weight is 375 g/mol. The number of carbonyl (C=O) groups excluding carboxylic acids is 1. The monoisotopic (exact) mass is 374 g/mol.